The molecule has 0 unspecified atom stereocenters. The average Bonchev–Trinajstić information content (AvgIpc) is 2.81. The average molecular weight is 399 g/mol. The molecule has 1 saturated heterocycles. The molecule has 1 atom stereocenters. The molecule has 1 amide bonds. The summed E-state index contributed by atoms with van der Waals surface area (Å²) >= 11 is 0. The van der Waals surface area contributed by atoms with Gasteiger partial charge in [0.05, 0.1) is 4.92 Å². The van der Waals surface area contributed by atoms with Crippen molar-refractivity contribution in [1.29, 1.82) is 0 Å². The number of amides is 1. The van der Waals surface area contributed by atoms with Gasteiger partial charge in [0.2, 0.25) is 5.82 Å². The van der Waals surface area contributed by atoms with Crippen molar-refractivity contribution < 1.29 is 31.7 Å². The first kappa shape index (κ1) is 20.8. The van der Waals surface area contributed by atoms with Crippen LogP contribution in [-0.4, -0.2) is 64.3 Å². The number of nitrogens with zero attached hydrogens (tertiary/aromatic N) is 5. The highest BCUT2D eigenvalue weighted by atomic mass is 19.4. The summed E-state index contributed by atoms with van der Waals surface area (Å²) < 4.78 is 64.1. The smallest absolute Gasteiger partial charge is 0.351 e. The third-order valence-electron chi connectivity index (χ3n) is 4.41. The zero-order valence-corrected chi connectivity index (χ0v) is 14.3. The number of carbonyl (C=O) groups is 1. The third-order valence-corrected chi connectivity index (χ3v) is 4.41. The van der Waals surface area contributed by atoms with Crippen LogP contribution in [0.5, 0.6) is 0 Å². The van der Waals surface area contributed by atoms with E-state index in [9.17, 15) is 36.9 Å². The molecule has 0 aliphatic carbocycles. The highest BCUT2D eigenvalue weighted by Gasteiger charge is 2.43. The third kappa shape index (κ3) is 4.83. The van der Waals surface area contributed by atoms with Gasteiger partial charge >= 0.3 is 17.8 Å². The van der Waals surface area contributed by atoms with Crippen molar-refractivity contribution in [2.45, 2.75) is 44.5 Å². The number of hydrogen-bond donors (Lipinski definition) is 0. The van der Waals surface area contributed by atoms with Crippen LogP contribution < -0.4 is 4.90 Å². The predicted octanol–water partition coefficient (Wildman–Crippen LogP) is 2.44. The van der Waals surface area contributed by atoms with E-state index < -0.39 is 41.7 Å². The molecule has 27 heavy (non-hydrogen) atoms. The quantitative estimate of drug-likeness (QED) is 0.431. The summed E-state index contributed by atoms with van der Waals surface area (Å²) in [6.45, 7) is -0.564. The van der Waals surface area contributed by atoms with Gasteiger partial charge < -0.3 is 9.80 Å². The number of aromatic nitrogens is 2. The Balaban J connectivity index is 2.20. The molecule has 152 valence electrons. The second kappa shape index (κ2) is 8.05. The Bertz CT molecular complexity index is 693. The number of nitro groups is 1. The van der Waals surface area contributed by atoms with E-state index in [1.807, 2.05) is 0 Å². The molecule has 0 saturated carbocycles. The Labute approximate surface area is 150 Å². The van der Waals surface area contributed by atoms with Gasteiger partial charge in [-0.25, -0.2) is 13.5 Å². The van der Waals surface area contributed by atoms with Crippen molar-refractivity contribution in [2.24, 2.45) is 0 Å². The van der Waals surface area contributed by atoms with Gasteiger partial charge in [0.15, 0.2) is 0 Å². The second-order valence-corrected chi connectivity index (χ2v) is 6.17. The lowest BCUT2D eigenvalue weighted by atomic mass is 10.1. The first-order chi connectivity index (χ1) is 12.5. The van der Waals surface area contributed by atoms with Crippen molar-refractivity contribution in [1.82, 2.24) is 14.7 Å². The maximum atomic E-state index is 12.7. The maximum Gasteiger partial charge on any atom is 0.471 e. The van der Waals surface area contributed by atoms with Crippen LogP contribution in [-0.2, 0) is 11.3 Å². The fourth-order valence-electron chi connectivity index (χ4n) is 3.13. The highest BCUT2D eigenvalue weighted by molar-refractivity contribution is 5.81. The van der Waals surface area contributed by atoms with Gasteiger partial charge in [-0.05, 0) is 19.3 Å². The summed E-state index contributed by atoms with van der Waals surface area (Å²) in [5, 5.41) is 14.8. The Hall–Kier alpha value is -2.47. The van der Waals surface area contributed by atoms with Crippen LogP contribution in [0.3, 0.4) is 0 Å². The van der Waals surface area contributed by atoms with E-state index in [4.69, 9.17) is 0 Å². The summed E-state index contributed by atoms with van der Waals surface area (Å²) in [4.78, 5) is 23.9. The van der Waals surface area contributed by atoms with Crippen LogP contribution in [0.25, 0.3) is 0 Å². The Morgan fingerprint density at radius 1 is 1.41 bits per heavy atom. The maximum absolute atomic E-state index is 12.7. The minimum absolute atomic E-state index is 0.0654. The van der Waals surface area contributed by atoms with E-state index >= 15 is 0 Å². The molecule has 8 nitrogen and oxygen atoms in total. The van der Waals surface area contributed by atoms with Gasteiger partial charge in [0.25, 0.3) is 6.43 Å². The molecular formula is C14H18F5N5O3. The standard InChI is InChI=1S/C14H18F5N5O3/c1-21(13(25)14(17,18)19)9-3-2-5-22(6-4-9)12-10(24(26)27)7-20-23(12)8-11(15)16/h7,9,11H,2-6,8H2,1H3/t9-/m1/s1. The fourth-order valence-corrected chi connectivity index (χ4v) is 3.13. The molecular weight excluding hydrogens is 381 g/mol. The molecule has 0 bridgehead atoms. The lowest BCUT2D eigenvalue weighted by Gasteiger charge is -2.28. The lowest BCUT2D eigenvalue weighted by Crippen LogP contribution is -2.45. The van der Waals surface area contributed by atoms with Crippen LogP contribution in [0, 0.1) is 10.1 Å². The van der Waals surface area contributed by atoms with Gasteiger partial charge in [-0.15, -0.1) is 0 Å². The van der Waals surface area contributed by atoms with Crippen molar-refractivity contribution >= 4 is 17.4 Å². The number of carbonyl (C=O) groups excluding carboxylic acids is 1. The van der Waals surface area contributed by atoms with Gasteiger partial charge in [0.1, 0.15) is 12.7 Å². The van der Waals surface area contributed by atoms with Crippen LogP contribution in [0.1, 0.15) is 19.3 Å². The largest absolute Gasteiger partial charge is 0.471 e. The minimum atomic E-state index is -4.99. The number of rotatable bonds is 5. The summed E-state index contributed by atoms with van der Waals surface area (Å²) in [6.07, 6.45) is -6.20. The van der Waals surface area contributed by atoms with E-state index in [0.717, 1.165) is 17.9 Å². The van der Waals surface area contributed by atoms with E-state index in [1.165, 1.54) is 4.90 Å². The molecule has 0 N–H and O–H groups in total. The number of halogens is 5. The molecule has 0 spiro atoms. The normalized spacial score (nSPS) is 18.5. The van der Waals surface area contributed by atoms with Gasteiger partial charge in [-0.3, -0.25) is 14.9 Å². The molecule has 13 heteroatoms. The summed E-state index contributed by atoms with van der Waals surface area (Å²) in [6, 6.07) is -0.713. The number of hydrogen-bond acceptors (Lipinski definition) is 5. The topological polar surface area (TPSA) is 84.5 Å². The Morgan fingerprint density at radius 2 is 2.07 bits per heavy atom. The monoisotopic (exact) mass is 399 g/mol. The van der Waals surface area contributed by atoms with Crippen LogP contribution in [0.15, 0.2) is 6.20 Å². The van der Waals surface area contributed by atoms with Crippen LogP contribution in [0.2, 0.25) is 0 Å². The SMILES string of the molecule is CN(C(=O)C(F)(F)F)[C@@H]1CCCN(c2c([N+](=O)[O-])cnn2CC(F)F)CC1. The van der Waals surface area contributed by atoms with E-state index in [-0.39, 0.29) is 31.7 Å². The van der Waals surface area contributed by atoms with Crippen molar-refractivity contribution in [3.05, 3.63) is 16.3 Å². The Morgan fingerprint density at radius 3 is 2.63 bits per heavy atom. The molecule has 0 aromatic carbocycles. The predicted molar refractivity (Wildman–Crippen MR) is 83.6 cm³/mol. The molecule has 2 rings (SSSR count). The molecule has 1 aromatic heterocycles. The van der Waals surface area contributed by atoms with Gasteiger partial charge in [0, 0.05) is 26.2 Å². The zero-order valence-electron chi connectivity index (χ0n) is 14.3. The highest BCUT2D eigenvalue weighted by Crippen LogP contribution is 2.31. The second-order valence-electron chi connectivity index (χ2n) is 6.17. The van der Waals surface area contributed by atoms with Gasteiger partial charge in [-0.2, -0.15) is 18.3 Å². The van der Waals surface area contributed by atoms with Crippen LogP contribution in [0.4, 0.5) is 33.5 Å². The van der Waals surface area contributed by atoms with Crippen LogP contribution >= 0.6 is 0 Å². The van der Waals surface area contributed by atoms with Crippen molar-refractivity contribution in [3.63, 3.8) is 0 Å². The van der Waals surface area contributed by atoms with E-state index in [1.54, 1.807) is 0 Å². The fraction of sp³-hybridized carbons (Fsp3) is 0.714. The lowest BCUT2D eigenvalue weighted by molar-refractivity contribution is -0.384. The Kier molecular flexibility index (Phi) is 6.21. The summed E-state index contributed by atoms with van der Waals surface area (Å²) in [5.74, 6) is -2.07. The first-order valence-corrected chi connectivity index (χ1v) is 8.09. The molecule has 0 radical (unpaired) electrons. The van der Waals surface area contributed by atoms with E-state index in [0.29, 0.717) is 11.3 Å². The van der Waals surface area contributed by atoms with Crippen molar-refractivity contribution in [2.75, 3.05) is 25.0 Å². The van der Waals surface area contributed by atoms with E-state index in [2.05, 4.69) is 5.10 Å². The minimum Gasteiger partial charge on any atom is -0.351 e. The summed E-state index contributed by atoms with van der Waals surface area (Å²) in [7, 11) is 1.06. The molecule has 1 aliphatic rings. The first-order valence-electron chi connectivity index (χ1n) is 8.09. The molecule has 1 fully saturated rings. The van der Waals surface area contributed by atoms with Crippen molar-refractivity contribution in [3.8, 4) is 0 Å². The van der Waals surface area contributed by atoms with Gasteiger partial charge in [-0.1, -0.05) is 0 Å². The zero-order chi connectivity index (χ0) is 20.4. The summed E-state index contributed by atoms with van der Waals surface area (Å²) in [5.41, 5.74) is -0.450. The number of alkyl halides is 5. The molecule has 1 aliphatic heterocycles. The molecule has 1 aromatic rings. The number of anilines is 1. The molecule has 2 heterocycles.